The first-order chi connectivity index (χ1) is 15.2. The van der Waals surface area contributed by atoms with E-state index in [9.17, 15) is 4.79 Å². The van der Waals surface area contributed by atoms with Crippen LogP contribution in [0.25, 0.3) is 32.4 Å². The molecule has 0 saturated heterocycles. The fourth-order valence-corrected chi connectivity index (χ4v) is 6.04. The summed E-state index contributed by atoms with van der Waals surface area (Å²) in [7, 11) is 0. The van der Waals surface area contributed by atoms with Gasteiger partial charge in [0.15, 0.2) is 11.4 Å². The van der Waals surface area contributed by atoms with Gasteiger partial charge in [0.25, 0.3) is 0 Å². The van der Waals surface area contributed by atoms with E-state index >= 15 is 0 Å². The van der Waals surface area contributed by atoms with Gasteiger partial charge in [0.05, 0.1) is 11.9 Å². The molecule has 1 aliphatic rings. The Balaban J connectivity index is 1.87. The number of thiophene rings is 1. The topological polar surface area (TPSA) is 65.2 Å². The summed E-state index contributed by atoms with van der Waals surface area (Å²) >= 11 is 1.79. The molecule has 0 bridgehead atoms. The average Bonchev–Trinajstić information content (AvgIpc) is 3.33. The Morgan fingerprint density at radius 2 is 2.03 bits per heavy atom. The van der Waals surface area contributed by atoms with Crippen molar-refractivity contribution in [1.29, 1.82) is 0 Å². The van der Waals surface area contributed by atoms with Crippen molar-refractivity contribution in [1.82, 2.24) is 9.97 Å². The summed E-state index contributed by atoms with van der Waals surface area (Å²) in [5, 5.41) is 1.15. The fraction of sp³-hybridized carbons (Fsp3) is 0.423. The van der Waals surface area contributed by atoms with Gasteiger partial charge < -0.3 is 9.15 Å². The summed E-state index contributed by atoms with van der Waals surface area (Å²) in [4.78, 5) is 25.0. The molecule has 166 valence electrons. The minimum atomic E-state index is -0.701. The second-order valence-electron chi connectivity index (χ2n) is 9.63. The molecule has 5 nitrogen and oxygen atoms in total. The van der Waals surface area contributed by atoms with Crippen molar-refractivity contribution in [3.63, 3.8) is 0 Å². The van der Waals surface area contributed by atoms with Crippen LogP contribution in [0.15, 0.2) is 29.0 Å². The standard InChI is InChI=1S/C26H28N2O3S/c1-14-21(24(15(2)29)31-26(3,4)5)22(16-12-19-18(27-13-16)10-11-30-19)23-17-8-6-7-9-20(17)32-25(23)28-14/h10-13,24H,6-9H2,1-5H3. The highest BCUT2D eigenvalue weighted by Gasteiger charge is 2.32. The maximum absolute atomic E-state index is 12.9. The number of furan rings is 1. The van der Waals surface area contributed by atoms with Crippen molar-refractivity contribution in [3.05, 3.63) is 46.3 Å². The molecule has 32 heavy (non-hydrogen) atoms. The van der Waals surface area contributed by atoms with E-state index in [0.29, 0.717) is 0 Å². The van der Waals surface area contributed by atoms with Gasteiger partial charge in [-0.05, 0) is 71.9 Å². The molecule has 0 amide bonds. The van der Waals surface area contributed by atoms with E-state index < -0.39 is 11.7 Å². The van der Waals surface area contributed by atoms with Crippen LogP contribution in [0.5, 0.6) is 0 Å². The molecule has 1 unspecified atom stereocenters. The van der Waals surface area contributed by atoms with Gasteiger partial charge in [0.1, 0.15) is 16.5 Å². The number of fused-ring (bicyclic) bond motifs is 4. The van der Waals surface area contributed by atoms with E-state index in [0.717, 1.165) is 56.5 Å². The molecule has 4 aromatic rings. The normalized spacial score (nSPS) is 15.3. The minimum Gasteiger partial charge on any atom is -0.463 e. The van der Waals surface area contributed by atoms with Crippen molar-refractivity contribution in [2.24, 2.45) is 0 Å². The third kappa shape index (κ3) is 3.65. The Morgan fingerprint density at radius 1 is 1.25 bits per heavy atom. The first-order valence-electron chi connectivity index (χ1n) is 11.2. The number of nitrogens with zero attached hydrogens (tertiary/aromatic N) is 2. The number of carbonyl (C=O) groups excluding carboxylic acids is 1. The molecule has 0 aliphatic heterocycles. The summed E-state index contributed by atoms with van der Waals surface area (Å²) < 4.78 is 12.0. The second-order valence-corrected chi connectivity index (χ2v) is 10.7. The molecule has 1 atom stereocenters. The number of aromatic nitrogens is 2. The molecule has 0 radical (unpaired) electrons. The van der Waals surface area contributed by atoms with Crippen molar-refractivity contribution in [3.8, 4) is 11.1 Å². The van der Waals surface area contributed by atoms with Crippen LogP contribution in [-0.2, 0) is 22.4 Å². The third-order valence-electron chi connectivity index (χ3n) is 6.03. The maximum Gasteiger partial charge on any atom is 0.163 e. The van der Waals surface area contributed by atoms with Crippen molar-refractivity contribution < 1.29 is 13.9 Å². The zero-order chi connectivity index (χ0) is 22.6. The van der Waals surface area contributed by atoms with Gasteiger partial charge in [-0.25, -0.2) is 4.98 Å². The van der Waals surface area contributed by atoms with E-state index in [1.165, 1.54) is 23.3 Å². The van der Waals surface area contributed by atoms with Gasteiger partial charge in [0.2, 0.25) is 0 Å². The first kappa shape index (κ1) is 21.3. The Bertz CT molecular complexity index is 1340. The molecule has 0 spiro atoms. The number of hydrogen-bond donors (Lipinski definition) is 0. The van der Waals surface area contributed by atoms with E-state index in [4.69, 9.17) is 14.1 Å². The van der Waals surface area contributed by atoms with Gasteiger partial charge in [-0.2, -0.15) is 0 Å². The number of rotatable bonds is 4. The SMILES string of the molecule is CC(=O)C(OC(C)(C)C)c1c(C)nc2sc3c(c2c1-c1cnc2ccoc2c1)CCCC3. The van der Waals surface area contributed by atoms with Crippen LogP contribution in [0.3, 0.4) is 0 Å². The fourth-order valence-electron chi connectivity index (χ4n) is 4.72. The molecule has 0 aromatic carbocycles. The van der Waals surface area contributed by atoms with Crippen LogP contribution in [0, 0.1) is 6.92 Å². The molecular weight excluding hydrogens is 420 g/mol. The molecule has 5 rings (SSSR count). The Hall–Kier alpha value is -2.57. The van der Waals surface area contributed by atoms with Crippen molar-refractivity contribution in [2.75, 3.05) is 0 Å². The van der Waals surface area contributed by atoms with Crippen LogP contribution in [0.1, 0.15) is 68.3 Å². The number of pyridine rings is 2. The zero-order valence-corrected chi connectivity index (χ0v) is 20.1. The molecular formula is C26H28N2O3S. The van der Waals surface area contributed by atoms with Crippen molar-refractivity contribution in [2.45, 2.75) is 72.0 Å². The van der Waals surface area contributed by atoms with Gasteiger partial charge >= 0.3 is 0 Å². The van der Waals surface area contributed by atoms with Crippen LogP contribution < -0.4 is 0 Å². The van der Waals surface area contributed by atoms with Gasteiger partial charge in [-0.3, -0.25) is 9.78 Å². The highest BCUT2D eigenvalue weighted by Crippen LogP contribution is 2.46. The Kier molecular flexibility index (Phi) is 5.18. The second kappa shape index (κ2) is 7.78. The van der Waals surface area contributed by atoms with Gasteiger partial charge in [-0.1, -0.05) is 0 Å². The van der Waals surface area contributed by atoms with Crippen LogP contribution >= 0.6 is 11.3 Å². The summed E-state index contributed by atoms with van der Waals surface area (Å²) in [5.41, 5.74) is 6.07. The van der Waals surface area contributed by atoms with Crippen LogP contribution in [0.4, 0.5) is 0 Å². The zero-order valence-electron chi connectivity index (χ0n) is 19.2. The largest absolute Gasteiger partial charge is 0.463 e. The summed E-state index contributed by atoms with van der Waals surface area (Å²) in [6.07, 6.45) is 7.35. The lowest BCUT2D eigenvalue weighted by atomic mass is 9.87. The average molecular weight is 449 g/mol. The molecule has 6 heteroatoms. The highest BCUT2D eigenvalue weighted by molar-refractivity contribution is 7.19. The number of hydrogen-bond acceptors (Lipinski definition) is 6. The van der Waals surface area contributed by atoms with Crippen LogP contribution in [0.2, 0.25) is 0 Å². The lowest BCUT2D eigenvalue weighted by Crippen LogP contribution is -2.27. The van der Waals surface area contributed by atoms with E-state index in [1.54, 1.807) is 24.5 Å². The highest BCUT2D eigenvalue weighted by atomic mass is 32.1. The summed E-state index contributed by atoms with van der Waals surface area (Å²) in [5.74, 6) is -0.0263. The molecule has 4 heterocycles. The Morgan fingerprint density at radius 3 is 2.78 bits per heavy atom. The molecule has 0 saturated carbocycles. The smallest absolute Gasteiger partial charge is 0.163 e. The molecule has 0 fully saturated rings. The molecule has 4 aromatic heterocycles. The molecule has 1 aliphatic carbocycles. The van der Waals surface area contributed by atoms with Crippen LogP contribution in [-0.4, -0.2) is 21.4 Å². The Labute approximate surface area is 191 Å². The number of aryl methyl sites for hydroxylation is 3. The minimum absolute atomic E-state index is 0.0263. The lowest BCUT2D eigenvalue weighted by Gasteiger charge is -2.29. The third-order valence-corrected chi connectivity index (χ3v) is 7.21. The van der Waals surface area contributed by atoms with E-state index in [-0.39, 0.29) is 5.78 Å². The van der Waals surface area contributed by atoms with E-state index in [1.807, 2.05) is 46.0 Å². The van der Waals surface area contributed by atoms with Gasteiger partial charge in [-0.15, -0.1) is 11.3 Å². The summed E-state index contributed by atoms with van der Waals surface area (Å²) in [6.45, 7) is 9.52. The summed E-state index contributed by atoms with van der Waals surface area (Å²) in [6, 6.07) is 3.89. The number of Topliss-reactive ketones (excluding diaryl/α,β-unsaturated/α-hetero) is 1. The van der Waals surface area contributed by atoms with Gasteiger partial charge in [0, 0.05) is 44.9 Å². The maximum atomic E-state index is 12.9. The number of ketones is 1. The quantitative estimate of drug-likeness (QED) is 0.346. The lowest BCUT2D eigenvalue weighted by molar-refractivity contribution is -0.138. The molecule has 0 N–H and O–H groups in total. The predicted octanol–water partition coefficient (Wildman–Crippen LogP) is 6.74. The number of carbonyl (C=O) groups is 1. The van der Waals surface area contributed by atoms with E-state index in [2.05, 4.69) is 4.98 Å². The number of ether oxygens (including phenoxy) is 1. The monoisotopic (exact) mass is 448 g/mol. The predicted molar refractivity (Wildman–Crippen MR) is 128 cm³/mol. The van der Waals surface area contributed by atoms with Crippen molar-refractivity contribution >= 4 is 38.4 Å². The first-order valence-corrected chi connectivity index (χ1v) is 12.0.